The molecule has 1 aliphatic carbocycles. The molecule has 1 aromatic rings. The summed E-state index contributed by atoms with van der Waals surface area (Å²) in [6.45, 7) is 3.90. The van der Waals surface area contributed by atoms with Crippen molar-refractivity contribution in [2.24, 2.45) is 0 Å². The van der Waals surface area contributed by atoms with Crippen molar-refractivity contribution in [1.29, 1.82) is 0 Å². The van der Waals surface area contributed by atoms with Crippen LogP contribution in [0.3, 0.4) is 0 Å². The van der Waals surface area contributed by atoms with E-state index in [2.05, 4.69) is 11.9 Å². The number of nitrogens with one attached hydrogen (secondary N) is 1. The molecule has 0 unspecified atom stereocenters. The summed E-state index contributed by atoms with van der Waals surface area (Å²) in [4.78, 5) is 23.2. The van der Waals surface area contributed by atoms with E-state index in [1.807, 2.05) is 6.07 Å². The summed E-state index contributed by atoms with van der Waals surface area (Å²) in [5.41, 5.74) is 1.66. The highest BCUT2D eigenvalue weighted by Crippen LogP contribution is 2.29. The van der Waals surface area contributed by atoms with E-state index in [0.29, 0.717) is 18.7 Å². The number of carbonyl (C=O) groups is 2. The van der Waals surface area contributed by atoms with Gasteiger partial charge in [-0.15, -0.1) is 6.58 Å². The highest BCUT2D eigenvalue weighted by molar-refractivity contribution is 5.99. The lowest BCUT2D eigenvalue weighted by Gasteiger charge is -2.18. The number of ether oxygens (including phenoxy) is 1. The minimum absolute atomic E-state index is 0.0432. The van der Waals surface area contributed by atoms with Gasteiger partial charge in [-0.3, -0.25) is 9.59 Å². The van der Waals surface area contributed by atoms with Crippen LogP contribution >= 0.6 is 0 Å². The highest BCUT2D eigenvalue weighted by atomic mass is 16.5. The van der Waals surface area contributed by atoms with E-state index in [9.17, 15) is 9.59 Å². The first kappa shape index (κ1) is 13.3. The molecule has 1 amide bonds. The quantitative estimate of drug-likeness (QED) is 0.821. The number of carbonyl (C=O) groups excluding carboxylic acids is 2. The Labute approximate surface area is 112 Å². The van der Waals surface area contributed by atoms with Crippen LogP contribution in [-0.4, -0.2) is 24.8 Å². The maximum absolute atomic E-state index is 11.8. The van der Waals surface area contributed by atoms with Gasteiger partial charge in [-0.1, -0.05) is 18.2 Å². The minimum atomic E-state index is -0.195. The van der Waals surface area contributed by atoms with Crippen molar-refractivity contribution in [3.63, 3.8) is 0 Å². The predicted molar refractivity (Wildman–Crippen MR) is 72.4 cm³/mol. The summed E-state index contributed by atoms with van der Waals surface area (Å²) in [6.07, 6.45) is 3.87. The van der Waals surface area contributed by atoms with E-state index >= 15 is 0 Å². The third-order valence-electron chi connectivity index (χ3n) is 3.07. The largest absolute Gasteiger partial charge is 0.483 e. The van der Waals surface area contributed by atoms with Gasteiger partial charge in [0.15, 0.2) is 12.4 Å². The Morgan fingerprint density at radius 1 is 1.42 bits per heavy atom. The third kappa shape index (κ3) is 3.22. The maximum Gasteiger partial charge on any atom is 0.258 e. The van der Waals surface area contributed by atoms with E-state index in [1.54, 1.807) is 18.2 Å². The second-order valence-electron chi connectivity index (χ2n) is 4.44. The molecule has 0 saturated heterocycles. The molecule has 0 heterocycles. The SMILES string of the molecule is C=CCNC(=O)COc1cccc2c1CCCC2=O. The van der Waals surface area contributed by atoms with E-state index in [4.69, 9.17) is 4.74 Å². The van der Waals surface area contributed by atoms with Crippen molar-refractivity contribution in [2.75, 3.05) is 13.2 Å². The number of Topliss-reactive ketones (excluding diaryl/α,β-unsaturated/α-hetero) is 1. The van der Waals surface area contributed by atoms with Crippen LogP contribution < -0.4 is 10.1 Å². The Morgan fingerprint density at radius 2 is 2.26 bits per heavy atom. The molecule has 1 aliphatic rings. The fourth-order valence-electron chi connectivity index (χ4n) is 2.16. The normalized spacial score (nSPS) is 13.6. The molecule has 19 heavy (non-hydrogen) atoms. The molecule has 1 aromatic carbocycles. The van der Waals surface area contributed by atoms with Crippen LogP contribution in [0, 0.1) is 0 Å². The standard InChI is InChI=1S/C15H17NO3/c1-2-9-16-15(18)10-19-14-8-4-5-11-12(14)6-3-7-13(11)17/h2,4-5,8H,1,3,6-7,9-10H2,(H,16,18). The van der Waals surface area contributed by atoms with Crippen LogP contribution in [0.1, 0.15) is 28.8 Å². The number of benzene rings is 1. The van der Waals surface area contributed by atoms with Crippen molar-refractivity contribution in [1.82, 2.24) is 5.32 Å². The zero-order valence-electron chi connectivity index (χ0n) is 10.8. The van der Waals surface area contributed by atoms with Crippen LogP contribution in [0.5, 0.6) is 5.75 Å². The topological polar surface area (TPSA) is 55.4 Å². The van der Waals surface area contributed by atoms with E-state index in [0.717, 1.165) is 24.0 Å². The van der Waals surface area contributed by atoms with Gasteiger partial charge < -0.3 is 10.1 Å². The van der Waals surface area contributed by atoms with E-state index < -0.39 is 0 Å². The van der Waals surface area contributed by atoms with Crippen molar-refractivity contribution < 1.29 is 14.3 Å². The predicted octanol–water partition coefficient (Wildman–Crippen LogP) is 1.89. The summed E-state index contributed by atoms with van der Waals surface area (Å²) < 4.78 is 5.51. The molecule has 0 radical (unpaired) electrons. The van der Waals surface area contributed by atoms with Gasteiger partial charge in [-0.25, -0.2) is 0 Å². The first-order valence-corrected chi connectivity index (χ1v) is 6.38. The van der Waals surface area contributed by atoms with Crippen LogP contribution in [0.2, 0.25) is 0 Å². The fraction of sp³-hybridized carbons (Fsp3) is 0.333. The van der Waals surface area contributed by atoms with Crippen molar-refractivity contribution >= 4 is 11.7 Å². The zero-order chi connectivity index (χ0) is 13.7. The first-order valence-electron chi connectivity index (χ1n) is 6.38. The number of fused-ring (bicyclic) bond motifs is 1. The van der Waals surface area contributed by atoms with E-state index in [1.165, 1.54) is 0 Å². The summed E-state index contributed by atoms with van der Waals surface area (Å²) in [7, 11) is 0. The Kier molecular flexibility index (Phi) is 4.34. The lowest BCUT2D eigenvalue weighted by molar-refractivity contribution is -0.122. The second-order valence-corrected chi connectivity index (χ2v) is 4.44. The Bertz CT molecular complexity index is 508. The average molecular weight is 259 g/mol. The molecule has 0 atom stereocenters. The number of hydrogen-bond donors (Lipinski definition) is 1. The van der Waals surface area contributed by atoms with Gasteiger partial charge in [0.1, 0.15) is 5.75 Å². The smallest absolute Gasteiger partial charge is 0.258 e. The van der Waals surface area contributed by atoms with Gasteiger partial charge in [0.05, 0.1) is 0 Å². The van der Waals surface area contributed by atoms with Gasteiger partial charge in [0, 0.05) is 24.1 Å². The first-order chi connectivity index (χ1) is 9.22. The number of amides is 1. The van der Waals surface area contributed by atoms with E-state index in [-0.39, 0.29) is 18.3 Å². The van der Waals surface area contributed by atoms with Crippen LogP contribution in [0.25, 0.3) is 0 Å². The van der Waals surface area contributed by atoms with Gasteiger partial charge in [-0.05, 0) is 18.9 Å². The molecule has 1 N–H and O–H groups in total. The monoisotopic (exact) mass is 259 g/mol. The third-order valence-corrected chi connectivity index (χ3v) is 3.07. The van der Waals surface area contributed by atoms with Gasteiger partial charge in [-0.2, -0.15) is 0 Å². The molecule has 4 nitrogen and oxygen atoms in total. The molecule has 4 heteroatoms. The van der Waals surface area contributed by atoms with Gasteiger partial charge in [0.2, 0.25) is 0 Å². The molecule has 0 spiro atoms. The van der Waals surface area contributed by atoms with Crippen molar-refractivity contribution in [3.05, 3.63) is 42.0 Å². The zero-order valence-corrected chi connectivity index (χ0v) is 10.8. The minimum Gasteiger partial charge on any atom is -0.483 e. The number of rotatable bonds is 5. The molecule has 100 valence electrons. The number of hydrogen-bond acceptors (Lipinski definition) is 3. The molecular weight excluding hydrogens is 242 g/mol. The Balaban J connectivity index is 2.05. The maximum atomic E-state index is 11.8. The van der Waals surface area contributed by atoms with Crippen molar-refractivity contribution in [2.45, 2.75) is 19.3 Å². The summed E-state index contributed by atoms with van der Waals surface area (Å²) >= 11 is 0. The lowest BCUT2D eigenvalue weighted by atomic mass is 9.90. The molecule has 0 saturated carbocycles. The fourth-order valence-corrected chi connectivity index (χ4v) is 2.16. The lowest BCUT2D eigenvalue weighted by Crippen LogP contribution is -2.29. The summed E-state index contributed by atoms with van der Waals surface area (Å²) in [5.74, 6) is 0.599. The van der Waals surface area contributed by atoms with Crippen LogP contribution in [0.15, 0.2) is 30.9 Å². The summed E-state index contributed by atoms with van der Waals surface area (Å²) in [6, 6.07) is 5.42. The Morgan fingerprint density at radius 3 is 3.05 bits per heavy atom. The van der Waals surface area contributed by atoms with Crippen LogP contribution in [-0.2, 0) is 11.2 Å². The number of ketones is 1. The molecule has 0 bridgehead atoms. The molecule has 0 aliphatic heterocycles. The summed E-state index contributed by atoms with van der Waals surface area (Å²) in [5, 5.41) is 2.64. The van der Waals surface area contributed by atoms with Gasteiger partial charge in [0.25, 0.3) is 5.91 Å². The molecular formula is C15H17NO3. The average Bonchev–Trinajstić information content (AvgIpc) is 2.43. The van der Waals surface area contributed by atoms with Gasteiger partial charge >= 0.3 is 0 Å². The molecule has 0 fully saturated rings. The second kappa shape index (κ2) is 6.18. The Hall–Kier alpha value is -2.10. The van der Waals surface area contributed by atoms with Crippen LogP contribution in [0.4, 0.5) is 0 Å². The van der Waals surface area contributed by atoms with Crippen molar-refractivity contribution in [3.8, 4) is 5.75 Å². The molecule has 2 rings (SSSR count). The highest BCUT2D eigenvalue weighted by Gasteiger charge is 2.20. The molecule has 0 aromatic heterocycles.